The van der Waals surface area contributed by atoms with Gasteiger partial charge in [-0.2, -0.15) is 0 Å². The Hall–Kier alpha value is -2.57. The van der Waals surface area contributed by atoms with Crippen LogP contribution in [0.15, 0.2) is 47.3 Å². The lowest BCUT2D eigenvalue weighted by Crippen LogP contribution is -2.21. The number of fused-ring (bicyclic) bond motifs is 4. The van der Waals surface area contributed by atoms with E-state index in [0.29, 0.717) is 16.6 Å². The van der Waals surface area contributed by atoms with Crippen molar-refractivity contribution in [1.29, 1.82) is 0 Å². The average Bonchev–Trinajstić information content (AvgIpc) is 2.62. The molecule has 1 N–H and O–H groups in total. The van der Waals surface area contributed by atoms with E-state index in [-0.39, 0.29) is 5.43 Å². The summed E-state index contributed by atoms with van der Waals surface area (Å²) >= 11 is 1.47. The van der Waals surface area contributed by atoms with Gasteiger partial charge in [0.15, 0.2) is 5.43 Å². The van der Waals surface area contributed by atoms with E-state index in [0.717, 1.165) is 33.4 Å². The number of nitrogens with zero attached hydrogens (tertiary/aromatic N) is 2. The molecule has 0 aliphatic carbocycles. The fourth-order valence-electron chi connectivity index (χ4n) is 3.05. The van der Waals surface area contributed by atoms with E-state index in [1.807, 2.05) is 38.4 Å². The first kappa shape index (κ1) is 16.9. The minimum absolute atomic E-state index is 0.150. The van der Waals surface area contributed by atoms with Crippen LogP contribution in [0.1, 0.15) is 0 Å². The molecule has 0 spiro atoms. The fraction of sp³-hybridized carbons (Fsp3) is 0.200. The summed E-state index contributed by atoms with van der Waals surface area (Å²) in [5, 5.41) is 5.18. The van der Waals surface area contributed by atoms with Crippen LogP contribution in [0.3, 0.4) is 0 Å². The Morgan fingerprint density at radius 3 is 2.77 bits per heavy atom. The summed E-state index contributed by atoms with van der Waals surface area (Å²) < 4.78 is 15.3. The van der Waals surface area contributed by atoms with Gasteiger partial charge in [0.25, 0.3) is 0 Å². The van der Waals surface area contributed by atoms with Crippen molar-refractivity contribution in [2.45, 2.75) is 0 Å². The zero-order valence-electron chi connectivity index (χ0n) is 14.5. The quantitative estimate of drug-likeness (QED) is 0.436. The summed E-state index contributed by atoms with van der Waals surface area (Å²) in [6, 6.07) is 12.0. The molecule has 0 bridgehead atoms. The van der Waals surface area contributed by atoms with Gasteiger partial charge >= 0.3 is 0 Å². The lowest BCUT2D eigenvalue weighted by molar-refractivity contribution is 0.425. The van der Waals surface area contributed by atoms with Crippen molar-refractivity contribution in [3.05, 3.63) is 58.5 Å². The Labute approximate surface area is 153 Å². The molecule has 2 aromatic heterocycles. The molecule has 2 heterocycles. The zero-order valence-corrected chi connectivity index (χ0v) is 15.4. The number of likely N-dealkylation sites (N-methyl/N-ethyl adjacent to an activating group) is 1. The highest BCUT2D eigenvalue weighted by molar-refractivity contribution is 7.25. The minimum atomic E-state index is -0.399. The third kappa shape index (κ3) is 2.91. The number of rotatable bonds is 4. The number of aromatic nitrogens is 1. The Morgan fingerprint density at radius 1 is 1.15 bits per heavy atom. The van der Waals surface area contributed by atoms with Crippen molar-refractivity contribution >= 4 is 48.2 Å². The number of hydrogen-bond acceptors (Lipinski definition) is 5. The van der Waals surface area contributed by atoms with Crippen LogP contribution in [-0.2, 0) is 0 Å². The molecule has 0 saturated carbocycles. The summed E-state index contributed by atoms with van der Waals surface area (Å²) in [5.41, 5.74) is 0.606. The standard InChI is InChI=1S/C20H18FN3OS/c1-24(2)10-9-22-20-19-17(13-5-3-4-6-15(13)23-20)18(25)14-11-12(21)7-8-16(14)26-19/h3-8,11H,9-10H2,1-2H3,(H,22,23). The molecule has 26 heavy (non-hydrogen) atoms. The summed E-state index contributed by atoms with van der Waals surface area (Å²) in [4.78, 5) is 20.0. The van der Waals surface area contributed by atoms with Crippen molar-refractivity contribution in [2.75, 3.05) is 32.5 Å². The van der Waals surface area contributed by atoms with Crippen LogP contribution >= 0.6 is 11.3 Å². The van der Waals surface area contributed by atoms with E-state index >= 15 is 0 Å². The van der Waals surface area contributed by atoms with E-state index in [9.17, 15) is 9.18 Å². The highest BCUT2D eigenvalue weighted by Crippen LogP contribution is 2.33. The number of halogens is 1. The molecule has 0 unspecified atom stereocenters. The number of benzene rings is 2. The van der Waals surface area contributed by atoms with E-state index < -0.39 is 5.82 Å². The van der Waals surface area contributed by atoms with Crippen molar-refractivity contribution in [1.82, 2.24) is 9.88 Å². The van der Waals surface area contributed by atoms with Gasteiger partial charge in [0.2, 0.25) is 0 Å². The normalized spacial score (nSPS) is 11.7. The number of hydrogen-bond donors (Lipinski definition) is 1. The second-order valence-corrected chi connectivity index (χ2v) is 7.54. The van der Waals surface area contributed by atoms with Gasteiger partial charge in [-0.1, -0.05) is 18.2 Å². The minimum Gasteiger partial charge on any atom is -0.368 e. The number of pyridine rings is 1. The highest BCUT2D eigenvalue weighted by atomic mass is 32.1. The summed E-state index contributed by atoms with van der Waals surface area (Å²) in [6.45, 7) is 1.57. The molecular weight excluding hydrogens is 349 g/mol. The predicted octanol–water partition coefficient (Wildman–Crippen LogP) is 4.08. The molecule has 0 amide bonds. The lowest BCUT2D eigenvalue weighted by atomic mass is 10.1. The maximum Gasteiger partial charge on any atom is 0.196 e. The maximum absolute atomic E-state index is 13.7. The van der Waals surface area contributed by atoms with Gasteiger partial charge in [-0.3, -0.25) is 4.79 Å². The molecule has 0 fully saturated rings. The highest BCUT2D eigenvalue weighted by Gasteiger charge is 2.15. The van der Waals surface area contributed by atoms with Gasteiger partial charge in [-0.05, 0) is 38.4 Å². The van der Waals surface area contributed by atoms with E-state index in [4.69, 9.17) is 4.98 Å². The molecule has 0 radical (unpaired) electrons. The van der Waals surface area contributed by atoms with Gasteiger partial charge in [0.1, 0.15) is 11.6 Å². The van der Waals surface area contributed by atoms with Crippen molar-refractivity contribution in [3.8, 4) is 0 Å². The Balaban J connectivity index is 2.05. The third-order valence-electron chi connectivity index (χ3n) is 4.32. The van der Waals surface area contributed by atoms with Gasteiger partial charge in [-0.25, -0.2) is 9.37 Å². The van der Waals surface area contributed by atoms with E-state index in [1.165, 1.54) is 23.5 Å². The summed E-state index contributed by atoms with van der Waals surface area (Å²) in [6.07, 6.45) is 0. The van der Waals surface area contributed by atoms with Gasteiger partial charge in [0, 0.05) is 28.6 Å². The third-order valence-corrected chi connectivity index (χ3v) is 5.50. The molecule has 2 aromatic carbocycles. The van der Waals surface area contributed by atoms with Crippen LogP contribution in [-0.4, -0.2) is 37.1 Å². The molecular formula is C20H18FN3OS. The molecule has 0 aliphatic rings. The largest absolute Gasteiger partial charge is 0.368 e. The second-order valence-electron chi connectivity index (χ2n) is 6.48. The first-order valence-corrected chi connectivity index (χ1v) is 9.19. The molecule has 0 atom stereocenters. The molecule has 0 saturated heterocycles. The van der Waals surface area contributed by atoms with Crippen LogP contribution in [0.4, 0.5) is 10.2 Å². The van der Waals surface area contributed by atoms with Gasteiger partial charge in [-0.15, -0.1) is 11.3 Å². The lowest BCUT2D eigenvalue weighted by Gasteiger charge is -2.14. The topological polar surface area (TPSA) is 45.2 Å². The van der Waals surface area contributed by atoms with Gasteiger partial charge < -0.3 is 10.2 Å². The molecule has 4 rings (SSSR count). The number of para-hydroxylation sites is 1. The molecule has 0 aliphatic heterocycles. The van der Waals surface area contributed by atoms with Crippen LogP contribution in [0.2, 0.25) is 0 Å². The van der Waals surface area contributed by atoms with Crippen LogP contribution in [0.25, 0.3) is 31.1 Å². The molecule has 4 aromatic rings. The van der Waals surface area contributed by atoms with Crippen LogP contribution in [0.5, 0.6) is 0 Å². The number of anilines is 1. The Kier molecular flexibility index (Phi) is 4.30. The molecule has 6 heteroatoms. The first-order chi connectivity index (χ1) is 12.5. The van der Waals surface area contributed by atoms with Gasteiger partial charge in [0.05, 0.1) is 15.6 Å². The maximum atomic E-state index is 13.7. The Bertz CT molecular complexity index is 1190. The van der Waals surface area contributed by atoms with Crippen molar-refractivity contribution < 1.29 is 4.39 Å². The van der Waals surface area contributed by atoms with E-state index in [1.54, 1.807) is 6.07 Å². The molecule has 132 valence electrons. The van der Waals surface area contributed by atoms with Crippen LogP contribution < -0.4 is 10.7 Å². The second kappa shape index (κ2) is 6.63. The predicted molar refractivity (Wildman–Crippen MR) is 108 cm³/mol. The fourth-order valence-corrected chi connectivity index (χ4v) is 4.19. The SMILES string of the molecule is CN(C)CCNc1nc2ccccc2c2c(=O)c3cc(F)ccc3sc12. The molecule has 4 nitrogen and oxygen atoms in total. The summed E-state index contributed by atoms with van der Waals surface area (Å²) in [7, 11) is 4.02. The Morgan fingerprint density at radius 2 is 1.96 bits per heavy atom. The van der Waals surface area contributed by atoms with E-state index in [2.05, 4.69) is 10.2 Å². The smallest absolute Gasteiger partial charge is 0.196 e. The summed E-state index contributed by atoms with van der Waals surface area (Å²) in [5.74, 6) is 0.303. The zero-order chi connectivity index (χ0) is 18.3. The first-order valence-electron chi connectivity index (χ1n) is 8.38. The average molecular weight is 367 g/mol. The monoisotopic (exact) mass is 367 g/mol. The number of nitrogens with one attached hydrogen (secondary N) is 1. The van der Waals surface area contributed by atoms with Crippen molar-refractivity contribution in [3.63, 3.8) is 0 Å². The van der Waals surface area contributed by atoms with Crippen molar-refractivity contribution in [2.24, 2.45) is 0 Å². The van der Waals surface area contributed by atoms with Crippen LogP contribution in [0, 0.1) is 5.82 Å².